The Hall–Kier alpha value is -2.18. The number of amides is 1. The Morgan fingerprint density at radius 2 is 2.25 bits per heavy atom. The number of pyridine rings is 2. The minimum Gasteiger partial charge on any atom is -0.471 e. The molecule has 3 rings (SSSR count). The highest BCUT2D eigenvalue weighted by molar-refractivity contribution is 6.32. The maximum atomic E-state index is 12.2. The lowest BCUT2D eigenvalue weighted by molar-refractivity contribution is 0.0953. The van der Waals surface area contributed by atoms with E-state index in [0.29, 0.717) is 36.2 Å². The van der Waals surface area contributed by atoms with Crippen molar-refractivity contribution < 1.29 is 14.3 Å². The van der Waals surface area contributed by atoms with Gasteiger partial charge in [0.15, 0.2) is 0 Å². The zero-order valence-corrected chi connectivity index (χ0v) is 13.8. The van der Waals surface area contributed by atoms with E-state index in [1.807, 2.05) is 12.1 Å². The van der Waals surface area contributed by atoms with Crippen LogP contribution >= 0.6 is 11.6 Å². The summed E-state index contributed by atoms with van der Waals surface area (Å²) in [6.45, 7) is 1.74. The zero-order valence-electron chi connectivity index (χ0n) is 13.1. The minimum atomic E-state index is -0.214. The van der Waals surface area contributed by atoms with E-state index in [9.17, 15) is 4.79 Å². The second-order valence-corrected chi connectivity index (χ2v) is 5.88. The maximum Gasteiger partial charge on any atom is 0.252 e. The standard InChI is InChI=1S/C17H18ClN3O3/c18-15-9-13(10-21-17(15)24-14-4-8-23-11-14)16(22)20-7-3-12-1-5-19-6-2-12/h1-2,5-6,9-10,14H,3-4,7-8,11H2,(H,20,22)/t14-/m0/s1. The van der Waals surface area contributed by atoms with Crippen LogP contribution in [0, 0.1) is 0 Å². The van der Waals surface area contributed by atoms with Gasteiger partial charge in [0.25, 0.3) is 5.91 Å². The van der Waals surface area contributed by atoms with Gasteiger partial charge in [0.1, 0.15) is 11.1 Å². The van der Waals surface area contributed by atoms with Crippen molar-refractivity contribution in [1.82, 2.24) is 15.3 Å². The van der Waals surface area contributed by atoms with Crippen LogP contribution in [0.4, 0.5) is 0 Å². The molecule has 6 nitrogen and oxygen atoms in total. The van der Waals surface area contributed by atoms with Crippen LogP contribution in [-0.4, -0.2) is 41.7 Å². The van der Waals surface area contributed by atoms with Crippen LogP contribution < -0.4 is 10.1 Å². The lowest BCUT2D eigenvalue weighted by Gasteiger charge is -2.12. The van der Waals surface area contributed by atoms with Gasteiger partial charge in [-0.3, -0.25) is 9.78 Å². The molecule has 2 aromatic heterocycles. The van der Waals surface area contributed by atoms with Crippen LogP contribution in [-0.2, 0) is 11.2 Å². The van der Waals surface area contributed by atoms with Crippen LogP contribution in [0.1, 0.15) is 22.3 Å². The topological polar surface area (TPSA) is 73.3 Å². The van der Waals surface area contributed by atoms with Gasteiger partial charge in [0.2, 0.25) is 5.88 Å². The van der Waals surface area contributed by atoms with Gasteiger partial charge in [0, 0.05) is 31.6 Å². The minimum absolute atomic E-state index is 0.0324. The summed E-state index contributed by atoms with van der Waals surface area (Å²) in [7, 11) is 0. The third-order valence-electron chi connectivity index (χ3n) is 3.68. The van der Waals surface area contributed by atoms with E-state index < -0.39 is 0 Å². The molecule has 0 unspecified atom stereocenters. The molecule has 1 atom stereocenters. The van der Waals surface area contributed by atoms with Crippen molar-refractivity contribution in [1.29, 1.82) is 0 Å². The van der Waals surface area contributed by atoms with Gasteiger partial charge >= 0.3 is 0 Å². The summed E-state index contributed by atoms with van der Waals surface area (Å²) in [5.41, 5.74) is 1.52. The molecular formula is C17H18ClN3O3. The summed E-state index contributed by atoms with van der Waals surface area (Å²) < 4.78 is 10.9. The predicted molar refractivity (Wildman–Crippen MR) is 89.4 cm³/mol. The molecule has 1 aliphatic rings. The van der Waals surface area contributed by atoms with Gasteiger partial charge in [-0.25, -0.2) is 4.98 Å². The Morgan fingerprint density at radius 3 is 2.96 bits per heavy atom. The molecule has 7 heteroatoms. The molecule has 126 valence electrons. The second kappa shape index (κ2) is 8.08. The van der Waals surface area contributed by atoms with Gasteiger partial charge in [0.05, 0.1) is 18.8 Å². The molecule has 1 amide bonds. The number of carbonyl (C=O) groups excluding carboxylic acids is 1. The first-order chi connectivity index (χ1) is 11.7. The Bertz CT molecular complexity index is 691. The fourth-order valence-corrected chi connectivity index (χ4v) is 2.58. The highest BCUT2D eigenvalue weighted by Crippen LogP contribution is 2.25. The smallest absolute Gasteiger partial charge is 0.252 e. The van der Waals surface area contributed by atoms with Crippen LogP contribution in [0.3, 0.4) is 0 Å². The van der Waals surface area contributed by atoms with E-state index in [0.717, 1.165) is 18.4 Å². The molecular weight excluding hydrogens is 330 g/mol. The molecule has 0 spiro atoms. The lowest BCUT2D eigenvalue weighted by atomic mass is 10.2. The molecule has 3 heterocycles. The summed E-state index contributed by atoms with van der Waals surface area (Å²) in [6.07, 6.45) is 6.45. The van der Waals surface area contributed by atoms with E-state index in [4.69, 9.17) is 21.1 Å². The van der Waals surface area contributed by atoms with Crippen LogP contribution in [0.25, 0.3) is 0 Å². The maximum absolute atomic E-state index is 12.2. The van der Waals surface area contributed by atoms with Crippen molar-refractivity contribution in [2.45, 2.75) is 18.9 Å². The highest BCUT2D eigenvalue weighted by atomic mass is 35.5. The van der Waals surface area contributed by atoms with Gasteiger partial charge < -0.3 is 14.8 Å². The number of aromatic nitrogens is 2. The number of hydrogen-bond acceptors (Lipinski definition) is 5. The Morgan fingerprint density at radius 1 is 1.42 bits per heavy atom. The van der Waals surface area contributed by atoms with E-state index in [-0.39, 0.29) is 12.0 Å². The van der Waals surface area contributed by atoms with Crippen LogP contribution in [0.5, 0.6) is 5.88 Å². The van der Waals surface area contributed by atoms with Gasteiger partial charge in [-0.2, -0.15) is 0 Å². The summed E-state index contributed by atoms with van der Waals surface area (Å²) >= 11 is 6.17. The van der Waals surface area contributed by atoms with Crippen molar-refractivity contribution in [2.24, 2.45) is 0 Å². The predicted octanol–water partition coefficient (Wildman–Crippen LogP) is 2.27. The molecule has 24 heavy (non-hydrogen) atoms. The van der Waals surface area contributed by atoms with Crippen molar-refractivity contribution >= 4 is 17.5 Å². The first kappa shape index (κ1) is 16.7. The summed E-state index contributed by atoms with van der Waals surface area (Å²) in [5.74, 6) is 0.120. The number of hydrogen-bond donors (Lipinski definition) is 1. The zero-order chi connectivity index (χ0) is 16.8. The van der Waals surface area contributed by atoms with Crippen molar-refractivity contribution in [2.75, 3.05) is 19.8 Å². The Kier molecular flexibility index (Phi) is 5.61. The quantitative estimate of drug-likeness (QED) is 0.867. The van der Waals surface area contributed by atoms with E-state index in [2.05, 4.69) is 15.3 Å². The largest absolute Gasteiger partial charge is 0.471 e. The van der Waals surface area contributed by atoms with Crippen LogP contribution in [0.2, 0.25) is 5.02 Å². The summed E-state index contributed by atoms with van der Waals surface area (Å²) in [4.78, 5) is 20.3. The number of nitrogens with one attached hydrogen (secondary N) is 1. The van der Waals surface area contributed by atoms with E-state index >= 15 is 0 Å². The van der Waals surface area contributed by atoms with Crippen molar-refractivity contribution in [3.8, 4) is 5.88 Å². The fraction of sp³-hybridized carbons (Fsp3) is 0.353. The first-order valence-corrected chi connectivity index (χ1v) is 8.17. The molecule has 1 aliphatic heterocycles. The van der Waals surface area contributed by atoms with E-state index in [1.54, 1.807) is 18.5 Å². The molecule has 2 aromatic rings. The SMILES string of the molecule is O=C(NCCc1ccncc1)c1cnc(O[C@H]2CCOC2)c(Cl)c1. The number of rotatable bonds is 6. The van der Waals surface area contributed by atoms with Gasteiger partial charge in [-0.15, -0.1) is 0 Å². The number of nitrogens with zero attached hydrogens (tertiary/aromatic N) is 2. The van der Waals surface area contributed by atoms with E-state index in [1.165, 1.54) is 6.20 Å². The number of halogens is 1. The Balaban J connectivity index is 1.53. The average Bonchev–Trinajstić information content (AvgIpc) is 3.10. The molecule has 1 fully saturated rings. The average molecular weight is 348 g/mol. The third-order valence-corrected chi connectivity index (χ3v) is 3.96. The molecule has 1 saturated heterocycles. The monoisotopic (exact) mass is 347 g/mol. The number of ether oxygens (including phenoxy) is 2. The fourth-order valence-electron chi connectivity index (χ4n) is 2.37. The summed E-state index contributed by atoms with van der Waals surface area (Å²) in [6, 6.07) is 5.41. The lowest BCUT2D eigenvalue weighted by Crippen LogP contribution is -2.26. The molecule has 0 bridgehead atoms. The van der Waals surface area contributed by atoms with Gasteiger partial charge in [-0.1, -0.05) is 11.6 Å². The number of carbonyl (C=O) groups is 1. The third kappa shape index (κ3) is 4.43. The summed E-state index contributed by atoms with van der Waals surface area (Å²) in [5, 5.41) is 3.17. The molecule has 0 radical (unpaired) electrons. The van der Waals surface area contributed by atoms with Crippen LogP contribution in [0.15, 0.2) is 36.8 Å². The molecule has 0 saturated carbocycles. The Labute approximate surface area is 145 Å². The normalized spacial score (nSPS) is 16.8. The van der Waals surface area contributed by atoms with Crippen molar-refractivity contribution in [3.63, 3.8) is 0 Å². The molecule has 1 N–H and O–H groups in total. The first-order valence-electron chi connectivity index (χ1n) is 7.79. The van der Waals surface area contributed by atoms with Crippen molar-refractivity contribution in [3.05, 3.63) is 52.9 Å². The van der Waals surface area contributed by atoms with Gasteiger partial charge in [-0.05, 0) is 30.2 Å². The second-order valence-electron chi connectivity index (χ2n) is 5.48. The molecule has 0 aliphatic carbocycles. The highest BCUT2D eigenvalue weighted by Gasteiger charge is 2.19. The molecule has 0 aromatic carbocycles.